The lowest BCUT2D eigenvalue weighted by molar-refractivity contribution is -0.126. The van der Waals surface area contributed by atoms with Crippen LogP contribution in [0, 0.1) is 0 Å². The minimum absolute atomic E-state index is 0.0821. The van der Waals surface area contributed by atoms with Crippen LogP contribution in [0.2, 0.25) is 0 Å². The highest BCUT2D eigenvalue weighted by Gasteiger charge is 2.20. The molecule has 1 amide bonds. The molecule has 2 aromatic rings. The van der Waals surface area contributed by atoms with Gasteiger partial charge in [-0.15, -0.1) is 11.3 Å². The number of aromatic nitrogens is 1. The van der Waals surface area contributed by atoms with Gasteiger partial charge >= 0.3 is 0 Å². The van der Waals surface area contributed by atoms with E-state index in [1.807, 2.05) is 22.6 Å². The first-order chi connectivity index (χ1) is 11.9. The lowest BCUT2D eigenvalue weighted by Gasteiger charge is -2.34. The van der Waals surface area contributed by atoms with Crippen molar-refractivity contribution < 1.29 is 4.79 Å². The smallest absolute Gasteiger partial charge is 0.246 e. The van der Waals surface area contributed by atoms with Crippen LogP contribution in [0.1, 0.15) is 31.9 Å². The van der Waals surface area contributed by atoms with Gasteiger partial charge in [0.25, 0.3) is 0 Å². The predicted octanol–water partition coefficient (Wildman–Crippen LogP) is 3.80. The van der Waals surface area contributed by atoms with Gasteiger partial charge in [0, 0.05) is 43.8 Å². The van der Waals surface area contributed by atoms with E-state index in [2.05, 4.69) is 54.9 Å². The Labute approximate surface area is 153 Å². The van der Waals surface area contributed by atoms with Gasteiger partial charge in [0.15, 0.2) is 5.13 Å². The molecule has 1 fully saturated rings. The van der Waals surface area contributed by atoms with Crippen LogP contribution in [0.4, 0.5) is 5.13 Å². The molecule has 0 atom stereocenters. The molecule has 0 bridgehead atoms. The van der Waals surface area contributed by atoms with Gasteiger partial charge in [0.1, 0.15) is 0 Å². The average molecular weight is 356 g/mol. The first-order valence-electron chi connectivity index (χ1n) is 8.65. The number of benzene rings is 1. The number of hydrogen-bond donors (Lipinski definition) is 0. The van der Waals surface area contributed by atoms with E-state index in [1.54, 1.807) is 17.4 Å². The van der Waals surface area contributed by atoms with E-state index in [0.717, 1.165) is 36.9 Å². The predicted molar refractivity (Wildman–Crippen MR) is 105 cm³/mol. The summed E-state index contributed by atoms with van der Waals surface area (Å²) >= 11 is 1.65. The van der Waals surface area contributed by atoms with Crippen LogP contribution in [0.3, 0.4) is 0 Å². The number of piperazine rings is 1. The Morgan fingerprint density at radius 2 is 1.80 bits per heavy atom. The van der Waals surface area contributed by atoms with Crippen LogP contribution >= 0.6 is 11.3 Å². The minimum atomic E-state index is 0.0821. The molecule has 0 N–H and O–H groups in total. The summed E-state index contributed by atoms with van der Waals surface area (Å²) < 4.78 is 0. The largest absolute Gasteiger partial charge is 0.345 e. The molecule has 0 aliphatic carbocycles. The van der Waals surface area contributed by atoms with Crippen LogP contribution in [0.5, 0.6) is 0 Å². The third kappa shape index (κ3) is 4.48. The summed E-state index contributed by atoms with van der Waals surface area (Å²) in [6.45, 7) is 9.77. The number of carbonyl (C=O) groups is 1. The highest BCUT2D eigenvalue weighted by Crippen LogP contribution is 2.22. The van der Waals surface area contributed by atoms with Gasteiger partial charge in [-0.1, -0.05) is 45.0 Å². The molecule has 4 nitrogen and oxygen atoms in total. The average Bonchev–Trinajstić information content (AvgIpc) is 3.14. The van der Waals surface area contributed by atoms with Crippen molar-refractivity contribution in [3.63, 3.8) is 0 Å². The Kier molecular flexibility index (Phi) is 5.23. The summed E-state index contributed by atoms with van der Waals surface area (Å²) in [7, 11) is 0. The van der Waals surface area contributed by atoms with Crippen molar-refractivity contribution in [2.75, 3.05) is 31.1 Å². The third-order valence-electron chi connectivity index (χ3n) is 4.48. The van der Waals surface area contributed by atoms with E-state index in [0.29, 0.717) is 0 Å². The van der Waals surface area contributed by atoms with E-state index >= 15 is 0 Å². The molecule has 0 radical (unpaired) electrons. The lowest BCUT2D eigenvalue weighted by atomic mass is 9.87. The fourth-order valence-electron chi connectivity index (χ4n) is 2.86. The normalized spacial score (nSPS) is 15.8. The van der Waals surface area contributed by atoms with Crippen LogP contribution in [-0.2, 0) is 10.2 Å². The Morgan fingerprint density at radius 1 is 1.12 bits per heavy atom. The van der Waals surface area contributed by atoms with Crippen molar-refractivity contribution in [2.45, 2.75) is 26.2 Å². The van der Waals surface area contributed by atoms with Crippen molar-refractivity contribution in [3.8, 4) is 0 Å². The first kappa shape index (κ1) is 17.7. The second kappa shape index (κ2) is 7.40. The molecule has 0 saturated carbocycles. The van der Waals surface area contributed by atoms with Crippen molar-refractivity contribution in [1.82, 2.24) is 9.88 Å². The van der Waals surface area contributed by atoms with Gasteiger partial charge in [-0.25, -0.2) is 4.98 Å². The lowest BCUT2D eigenvalue weighted by Crippen LogP contribution is -2.48. The second-order valence-electron chi connectivity index (χ2n) is 7.33. The molecule has 1 aliphatic rings. The topological polar surface area (TPSA) is 36.4 Å². The summed E-state index contributed by atoms with van der Waals surface area (Å²) in [5, 5.41) is 3.03. The van der Waals surface area contributed by atoms with E-state index in [4.69, 9.17) is 0 Å². The number of amides is 1. The molecular formula is C20H25N3OS. The van der Waals surface area contributed by atoms with Gasteiger partial charge in [-0.3, -0.25) is 4.79 Å². The summed E-state index contributed by atoms with van der Waals surface area (Å²) in [6.07, 6.45) is 5.41. The van der Waals surface area contributed by atoms with Crippen molar-refractivity contribution in [3.05, 3.63) is 53.0 Å². The number of hydrogen-bond acceptors (Lipinski definition) is 4. The maximum absolute atomic E-state index is 12.4. The monoisotopic (exact) mass is 355 g/mol. The highest BCUT2D eigenvalue weighted by molar-refractivity contribution is 7.13. The van der Waals surface area contributed by atoms with E-state index < -0.39 is 0 Å². The molecule has 2 heterocycles. The standard InChI is InChI=1S/C20H25N3OS/c1-20(2,3)17-7-4-16(5-8-17)6-9-18(24)22-11-13-23(14-12-22)19-21-10-15-25-19/h4-10,15H,11-14H2,1-3H3/b9-6+. The van der Waals surface area contributed by atoms with Crippen LogP contribution in [0.15, 0.2) is 41.9 Å². The summed E-state index contributed by atoms with van der Waals surface area (Å²) in [5.74, 6) is 0.0821. The highest BCUT2D eigenvalue weighted by atomic mass is 32.1. The molecule has 0 spiro atoms. The zero-order chi connectivity index (χ0) is 17.9. The van der Waals surface area contributed by atoms with Crippen LogP contribution < -0.4 is 4.90 Å². The number of thiazole rings is 1. The molecule has 1 aliphatic heterocycles. The second-order valence-corrected chi connectivity index (χ2v) is 8.21. The van der Waals surface area contributed by atoms with E-state index in [-0.39, 0.29) is 11.3 Å². The van der Waals surface area contributed by atoms with Crippen LogP contribution in [-0.4, -0.2) is 42.0 Å². The fraction of sp³-hybridized carbons (Fsp3) is 0.400. The SMILES string of the molecule is CC(C)(C)c1ccc(/C=C/C(=O)N2CCN(c3nccs3)CC2)cc1. The van der Waals surface area contributed by atoms with E-state index in [1.165, 1.54) is 5.56 Å². The zero-order valence-corrected chi connectivity index (χ0v) is 15.9. The minimum Gasteiger partial charge on any atom is -0.345 e. The Bertz CT molecular complexity index is 721. The van der Waals surface area contributed by atoms with Crippen molar-refractivity contribution in [2.24, 2.45) is 0 Å². The van der Waals surface area contributed by atoms with Gasteiger partial charge in [-0.2, -0.15) is 0 Å². The van der Waals surface area contributed by atoms with Gasteiger partial charge in [-0.05, 0) is 22.6 Å². The maximum atomic E-state index is 12.4. The molecular weight excluding hydrogens is 330 g/mol. The molecule has 3 rings (SSSR count). The van der Waals surface area contributed by atoms with Crippen LogP contribution in [0.25, 0.3) is 6.08 Å². The van der Waals surface area contributed by atoms with Gasteiger partial charge in [0.05, 0.1) is 0 Å². The number of rotatable bonds is 3. The fourth-order valence-corrected chi connectivity index (χ4v) is 3.55. The molecule has 1 aromatic carbocycles. The Hall–Kier alpha value is -2.14. The van der Waals surface area contributed by atoms with E-state index in [9.17, 15) is 4.79 Å². The third-order valence-corrected chi connectivity index (χ3v) is 5.31. The molecule has 25 heavy (non-hydrogen) atoms. The Morgan fingerprint density at radius 3 is 2.36 bits per heavy atom. The number of nitrogens with zero attached hydrogens (tertiary/aromatic N) is 3. The maximum Gasteiger partial charge on any atom is 0.246 e. The molecule has 1 aromatic heterocycles. The summed E-state index contributed by atoms with van der Waals surface area (Å²) in [5.41, 5.74) is 2.51. The first-order valence-corrected chi connectivity index (χ1v) is 9.53. The van der Waals surface area contributed by atoms with Crippen molar-refractivity contribution >= 4 is 28.5 Å². The Balaban J connectivity index is 1.55. The molecule has 132 valence electrons. The zero-order valence-electron chi connectivity index (χ0n) is 15.1. The molecule has 0 unspecified atom stereocenters. The summed E-state index contributed by atoms with van der Waals surface area (Å²) in [4.78, 5) is 20.9. The van der Waals surface area contributed by atoms with Gasteiger partial charge < -0.3 is 9.80 Å². The van der Waals surface area contributed by atoms with Gasteiger partial charge in [0.2, 0.25) is 5.91 Å². The number of carbonyl (C=O) groups excluding carboxylic acids is 1. The molecule has 1 saturated heterocycles. The molecule has 5 heteroatoms. The number of anilines is 1. The quantitative estimate of drug-likeness (QED) is 0.786. The summed E-state index contributed by atoms with van der Waals surface area (Å²) in [6, 6.07) is 8.42. The van der Waals surface area contributed by atoms with Crippen molar-refractivity contribution in [1.29, 1.82) is 0 Å².